The van der Waals surface area contributed by atoms with E-state index in [0.29, 0.717) is 29.1 Å². The van der Waals surface area contributed by atoms with Gasteiger partial charge in [0, 0.05) is 29.9 Å². The Bertz CT molecular complexity index is 707. The van der Waals surface area contributed by atoms with E-state index in [-0.39, 0.29) is 0 Å². The van der Waals surface area contributed by atoms with E-state index in [9.17, 15) is 0 Å². The normalized spacial score (nSPS) is 14.6. The second kappa shape index (κ2) is 8.60. The van der Waals surface area contributed by atoms with Gasteiger partial charge in [0.1, 0.15) is 18.0 Å². The molecule has 2 aromatic rings. The molecule has 0 spiro atoms. The Kier molecular flexibility index (Phi) is 5.99. The summed E-state index contributed by atoms with van der Waals surface area (Å²) in [7, 11) is 4.77. The minimum atomic E-state index is 0.493. The Balaban J connectivity index is 1.77. The highest BCUT2D eigenvalue weighted by Crippen LogP contribution is 2.40. The van der Waals surface area contributed by atoms with Gasteiger partial charge in [0.05, 0.1) is 21.3 Å². The van der Waals surface area contributed by atoms with Gasteiger partial charge in [-0.25, -0.2) is 9.97 Å². The second-order valence-corrected chi connectivity index (χ2v) is 6.31. The molecule has 1 aliphatic carbocycles. The van der Waals surface area contributed by atoms with Gasteiger partial charge in [-0.3, -0.25) is 0 Å². The summed E-state index contributed by atoms with van der Waals surface area (Å²) in [5.41, 5.74) is 0.793. The summed E-state index contributed by atoms with van der Waals surface area (Å²) in [5, 5.41) is 6.79. The van der Waals surface area contributed by atoms with Gasteiger partial charge >= 0.3 is 0 Å². The highest BCUT2D eigenvalue weighted by molar-refractivity contribution is 5.67. The largest absolute Gasteiger partial charge is 0.493 e. The molecule has 1 saturated carbocycles. The average molecular weight is 358 g/mol. The third-order valence-corrected chi connectivity index (χ3v) is 4.56. The SMILES string of the molecule is COc1cc(Nc2cc(NC3CCCCC3)ncn2)cc(OC)c1OC. The van der Waals surface area contributed by atoms with Crippen LogP contribution in [0.5, 0.6) is 17.2 Å². The number of benzene rings is 1. The first-order valence-electron chi connectivity index (χ1n) is 8.89. The van der Waals surface area contributed by atoms with Crippen molar-refractivity contribution < 1.29 is 14.2 Å². The van der Waals surface area contributed by atoms with Crippen LogP contribution in [-0.2, 0) is 0 Å². The summed E-state index contributed by atoms with van der Waals surface area (Å²) in [6, 6.07) is 6.10. The quantitative estimate of drug-likeness (QED) is 0.775. The molecule has 0 saturated heterocycles. The van der Waals surface area contributed by atoms with E-state index in [2.05, 4.69) is 20.6 Å². The zero-order chi connectivity index (χ0) is 18.4. The van der Waals surface area contributed by atoms with Crippen molar-refractivity contribution in [2.75, 3.05) is 32.0 Å². The number of ether oxygens (including phenoxy) is 3. The van der Waals surface area contributed by atoms with Crippen LogP contribution >= 0.6 is 0 Å². The topological polar surface area (TPSA) is 77.5 Å². The van der Waals surface area contributed by atoms with Crippen molar-refractivity contribution in [3.8, 4) is 17.2 Å². The summed E-state index contributed by atoms with van der Waals surface area (Å²) in [6.45, 7) is 0. The molecule has 1 aromatic heterocycles. The Hall–Kier alpha value is -2.70. The van der Waals surface area contributed by atoms with Crippen molar-refractivity contribution >= 4 is 17.3 Å². The number of anilines is 3. The predicted octanol–water partition coefficient (Wildman–Crippen LogP) is 3.99. The highest BCUT2D eigenvalue weighted by atomic mass is 16.5. The smallest absolute Gasteiger partial charge is 0.203 e. The number of hydrogen-bond donors (Lipinski definition) is 2. The van der Waals surface area contributed by atoms with E-state index in [0.717, 1.165) is 11.5 Å². The molecular formula is C19H26N4O3. The lowest BCUT2D eigenvalue weighted by Crippen LogP contribution is -2.22. The Morgan fingerprint density at radius 2 is 1.50 bits per heavy atom. The van der Waals surface area contributed by atoms with Gasteiger partial charge in [0.2, 0.25) is 5.75 Å². The van der Waals surface area contributed by atoms with Crippen LogP contribution in [0.1, 0.15) is 32.1 Å². The van der Waals surface area contributed by atoms with Crippen LogP contribution < -0.4 is 24.8 Å². The third kappa shape index (κ3) is 4.28. The standard InChI is InChI=1S/C19H26N4O3/c1-24-15-9-14(10-16(25-2)19(15)26-3)23-18-11-17(20-12-21-18)22-13-7-5-4-6-8-13/h9-13H,4-8H2,1-3H3,(H2,20,21,22,23). The molecule has 140 valence electrons. The molecule has 7 nitrogen and oxygen atoms in total. The molecule has 0 radical (unpaired) electrons. The lowest BCUT2D eigenvalue weighted by atomic mass is 9.95. The summed E-state index contributed by atoms with van der Waals surface area (Å²) in [5.74, 6) is 3.27. The van der Waals surface area contributed by atoms with Gasteiger partial charge in [0.15, 0.2) is 11.5 Å². The molecular weight excluding hydrogens is 332 g/mol. The number of methoxy groups -OCH3 is 3. The minimum absolute atomic E-state index is 0.493. The van der Waals surface area contributed by atoms with Crippen molar-refractivity contribution in [2.24, 2.45) is 0 Å². The molecule has 1 aromatic carbocycles. The molecule has 26 heavy (non-hydrogen) atoms. The predicted molar refractivity (Wildman–Crippen MR) is 102 cm³/mol. The first-order chi connectivity index (χ1) is 12.7. The molecule has 0 atom stereocenters. The van der Waals surface area contributed by atoms with E-state index >= 15 is 0 Å². The number of nitrogens with zero attached hydrogens (tertiary/aromatic N) is 2. The zero-order valence-corrected chi connectivity index (χ0v) is 15.5. The monoisotopic (exact) mass is 358 g/mol. The first-order valence-corrected chi connectivity index (χ1v) is 8.89. The number of aromatic nitrogens is 2. The molecule has 1 aliphatic rings. The van der Waals surface area contributed by atoms with Gasteiger partial charge in [0.25, 0.3) is 0 Å². The molecule has 3 rings (SSSR count). The zero-order valence-electron chi connectivity index (χ0n) is 15.5. The maximum Gasteiger partial charge on any atom is 0.203 e. The Morgan fingerprint density at radius 1 is 0.846 bits per heavy atom. The fourth-order valence-corrected chi connectivity index (χ4v) is 3.26. The van der Waals surface area contributed by atoms with E-state index in [1.807, 2.05) is 18.2 Å². The van der Waals surface area contributed by atoms with Gasteiger partial charge in [-0.05, 0) is 12.8 Å². The van der Waals surface area contributed by atoms with E-state index < -0.39 is 0 Å². The molecule has 2 N–H and O–H groups in total. The van der Waals surface area contributed by atoms with Crippen LogP contribution in [0.25, 0.3) is 0 Å². The Labute approximate surface area is 154 Å². The van der Waals surface area contributed by atoms with Crippen LogP contribution in [0.2, 0.25) is 0 Å². The van der Waals surface area contributed by atoms with Crippen LogP contribution in [0.4, 0.5) is 17.3 Å². The second-order valence-electron chi connectivity index (χ2n) is 6.31. The fourth-order valence-electron chi connectivity index (χ4n) is 3.26. The molecule has 1 fully saturated rings. The fraction of sp³-hybridized carbons (Fsp3) is 0.474. The lowest BCUT2D eigenvalue weighted by molar-refractivity contribution is 0.324. The number of rotatable bonds is 7. The summed E-state index contributed by atoms with van der Waals surface area (Å²) < 4.78 is 16.1. The van der Waals surface area contributed by atoms with Crippen molar-refractivity contribution in [3.05, 3.63) is 24.5 Å². The summed E-state index contributed by atoms with van der Waals surface area (Å²) in [6.07, 6.45) is 7.83. The van der Waals surface area contributed by atoms with Crippen LogP contribution in [-0.4, -0.2) is 37.3 Å². The van der Waals surface area contributed by atoms with E-state index in [4.69, 9.17) is 14.2 Å². The molecule has 0 amide bonds. The lowest BCUT2D eigenvalue weighted by Gasteiger charge is -2.23. The van der Waals surface area contributed by atoms with Crippen molar-refractivity contribution in [2.45, 2.75) is 38.1 Å². The van der Waals surface area contributed by atoms with Crippen molar-refractivity contribution in [1.82, 2.24) is 9.97 Å². The van der Waals surface area contributed by atoms with Crippen molar-refractivity contribution in [1.29, 1.82) is 0 Å². The summed E-state index contributed by atoms with van der Waals surface area (Å²) >= 11 is 0. The first kappa shape index (κ1) is 18.1. The van der Waals surface area contributed by atoms with Crippen molar-refractivity contribution in [3.63, 3.8) is 0 Å². The molecule has 0 unspecified atom stereocenters. The van der Waals surface area contributed by atoms with Gasteiger partial charge in [-0.1, -0.05) is 19.3 Å². The van der Waals surface area contributed by atoms with Gasteiger partial charge in [-0.15, -0.1) is 0 Å². The maximum absolute atomic E-state index is 5.39. The Morgan fingerprint density at radius 3 is 2.12 bits per heavy atom. The molecule has 0 bridgehead atoms. The van der Waals surface area contributed by atoms with Crippen LogP contribution in [0.3, 0.4) is 0 Å². The minimum Gasteiger partial charge on any atom is -0.493 e. The van der Waals surface area contributed by atoms with Crippen LogP contribution in [0.15, 0.2) is 24.5 Å². The van der Waals surface area contributed by atoms with Gasteiger partial charge < -0.3 is 24.8 Å². The molecule has 1 heterocycles. The molecule has 0 aliphatic heterocycles. The third-order valence-electron chi connectivity index (χ3n) is 4.56. The molecule has 7 heteroatoms. The highest BCUT2D eigenvalue weighted by Gasteiger charge is 2.15. The number of nitrogens with one attached hydrogen (secondary N) is 2. The average Bonchev–Trinajstić information content (AvgIpc) is 2.68. The van der Waals surface area contributed by atoms with E-state index in [1.54, 1.807) is 27.7 Å². The number of hydrogen-bond acceptors (Lipinski definition) is 7. The van der Waals surface area contributed by atoms with E-state index in [1.165, 1.54) is 32.1 Å². The van der Waals surface area contributed by atoms with Gasteiger partial charge in [-0.2, -0.15) is 0 Å². The van der Waals surface area contributed by atoms with Crippen LogP contribution in [0, 0.1) is 0 Å². The summed E-state index contributed by atoms with van der Waals surface area (Å²) in [4.78, 5) is 8.64. The maximum atomic E-state index is 5.39.